The fraction of sp³-hybridized carbons (Fsp3) is 0.381. The Balaban J connectivity index is 1.50. The summed E-state index contributed by atoms with van der Waals surface area (Å²) in [6, 6.07) is 10.4. The number of amides is 2. The van der Waals surface area contributed by atoms with Gasteiger partial charge in [0.1, 0.15) is 5.82 Å². The van der Waals surface area contributed by atoms with E-state index in [2.05, 4.69) is 10.0 Å². The topological polar surface area (TPSA) is 78.5 Å². The highest BCUT2D eigenvalue weighted by Gasteiger charge is 2.28. The van der Waals surface area contributed by atoms with E-state index in [1.54, 1.807) is 23.1 Å². The van der Waals surface area contributed by atoms with Crippen LogP contribution in [0.25, 0.3) is 0 Å². The number of nitrogens with one attached hydrogen (secondary N) is 2. The quantitative estimate of drug-likeness (QED) is 0.788. The van der Waals surface area contributed by atoms with E-state index in [1.807, 2.05) is 0 Å². The molecule has 154 valence electrons. The molecule has 2 amide bonds. The number of sulfonamides is 1. The van der Waals surface area contributed by atoms with Gasteiger partial charge in [-0.2, -0.15) is 0 Å². The number of para-hydroxylation sites is 1. The molecule has 0 spiro atoms. The standard InChI is InChI=1S/C21H24FN3O3S/c22-18-8-4-5-9-19(18)24-29(27,28)17-10-11-20-15(14-17)12-13-25(20)21(26)23-16-6-2-1-3-7-16/h4-5,8-11,14,16,24H,1-3,6-7,12-13H2,(H,23,26). The highest BCUT2D eigenvalue weighted by atomic mass is 32.2. The van der Waals surface area contributed by atoms with E-state index >= 15 is 0 Å². The summed E-state index contributed by atoms with van der Waals surface area (Å²) in [6.45, 7) is 0.512. The van der Waals surface area contributed by atoms with Crippen molar-refractivity contribution in [2.75, 3.05) is 16.2 Å². The number of carbonyl (C=O) groups excluding carboxylic acids is 1. The maximum atomic E-state index is 13.8. The van der Waals surface area contributed by atoms with Gasteiger partial charge in [-0.05, 0) is 55.2 Å². The number of benzene rings is 2. The lowest BCUT2D eigenvalue weighted by Gasteiger charge is -2.26. The van der Waals surface area contributed by atoms with Crippen LogP contribution < -0.4 is 14.9 Å². The Morgan fingerprint density at radius 2 is 1.83 bits per heavy atom. The Morgan fingerprint density at radius 1 is 1.07 bits per heavy atom. The largest absolute Gasteiger partial charge is 0.335 e. The number of halogens is 1. The molecule has 0 radical (unpaired) electrons. The first-order chi connectivity index (χ1) is 13.9. The number of anilines is 2. The van der Waals surface area contributed by atoms with E-state index in [4.69, 9.17) is 0 Å². The first-order valence-electron chi connectivity index (χ1n) is 9.92. The molecule has 1 heterocycles. The van der Waals surface area contributed by atoms with Gasteiger partial charge in [0.15, 0.2) is 0 Å². The zero-order chi connectivity index (χ0) is 20.4. The molecule has 1 saturated carbocycles. The smallest absolute Gasteiger partial charge is 0.322 e. The minimum Gasteiger partial charge on any atom is -0.335 e. The van der Waals surface area contributed by atoms with E-state index in [1.165, 1.54) is 30.7 Å². The van der Waals surface area contributed by atoms with E-state index in [-0.39, 0.29) is 22.7 Å². The lowest BCUT2D eigenvalue weighted by Crippen LogP contribution is -2.45. The molecule has 1 fully saturated rings. The zero-order valence-electron chi connectivity index (χ0n) is 16.0. The van der Waals surface area contributed by atoms with Crippen LogP contribution in [0.4, 0.5) is 20.6 Å². The molecule has 0 bridgehead atoms. The molecule has 1 aliphatic carbocycles. The van der Waals surface area contributed by atoms with Gasteiger partial charge in [0.05, 0.1) is 10.6 Å². The van der Waals surface area contributed by atoms with Crippen LogP contribution in [0.5, 0.6) is 0 Å². The number of nitrogens with zero attached hydrogens (tertiary/aromatic N) is 1. The van der Waals surface area contributed by atoms with Crippen molar-refractivity contribution in [3.05, 3.63) is 53.8 Å². The van der Waals surface area contributed by atoms with Crippen LogP contribution in [0, 0.1) is 5.82 Å². The lowest BCUT2D eigenvalue weighted by molar-refractivity contribution is 0.238. The van der Waals surface area contributed by atoms with Crippen molar-refractivity contribution < 1.29 is 17.6 Å². The van der Waals surface area contributed by atoms with Gasteiger partial charge >= 0.3 is 6.03 Å². The van der Waals surface area contributed by atoms with E-state index in [0.29, 0.717) is 13.0 Å². The van der Waals surface area contributed by atoms with Crippen molar-refractivity contribution in [2.24, 2.45) is 0 Å². The van der Waals surface area contributed by atoms with Crippen molar-refractivity contribution in [1.82, 2.24) is 5.32 Å². The molecule has 2 aromatic rings. The Bertz CT molecular complexity index is 1020. The zero-order valence-corrected chi connectivity index (χ0v) is 16.8. The van der Waals surface area contributed by atoms with Crippen molar-refractivity contribution in [2.45, 2.75) is 49.5 Å². The van der Waals surface area contributed by atoms with Crippen molar-refractivity contribution in [3.8, 4) is 0 Å². The van der Waals surface area contributed by atoms with E-state index in [0.717, 1.165) is 36.9 Å². The van der Waals surface area contributed by atoms with Crippen LogP contribution in [0.1, 0.15) is 37.7 Å². The molecule has 2 N–H and O–H groups in total. The number of hydrogen-bond donors (Lipinski definition) is 2. The fourth-order valence-electron chi connectivity index (χ4n) is 4.00. The maximum Gasteiger partial charge on any atom is 0.322 e. The minimum atomic E-state index is -3.93. The third-order valence-electron chi connectivity index (χ3n) is 5.55. The molecule has 8 heteroatoms. The van der Waals surface area contributed by atoms with Crippen LogP contribution in [0.3, 0.4) is 0 Å². The number of urea groups is 1. The second-order valence-electron chi connectivity index (χ2n) is 7.56. The first-order valence-corrected chi connectivity index (χ1v) is 11.4. The summed E-state index contributed by atoms with van der Waals surface area (Å²) in [6.07, 6.45) is 6.08. The summed E-state index contributed by atoms with van der Waals surface area (Å²) in [5.41, 5.74) is 1.42. The highest BCUT2D eigenvalue weighted by Crippen LogP contribution is 2.31. The Kier molecular flexibility index (Phi) is 5.45. The lowest BCUT2D eigenvalue weighted by atomic mass is 9.96. The predicted molar refractivity (Wildman–Crippen MR) is 110 cm³/mol. The van der Waals surface area contributed by atoms with Crippen LogP contribution in [-0.2, 0) is 16.4 Å². The van der Waals surface area contributed by atoms with E-state index in [9.17, 15) is 17.6 Å². The van der Waals surface area contributed by atoms with E-state index < -0.39 is 15.8 Å². The Morgan fingerprint density at radius 3 is 2.59 bits per heavy atom. The third-order valence-corrected chi connectivity index (χ3v) is 6.92. The molecule has 0 unspecified atom stereocenters. The summed E-state index contributed by atoms with van der Waals surface area (Å²) in [5.74, 6) is -0.636. The monoisotopic (exact) mass is 417 g/mol. The third kappa shape index (κ3) is 4.22. The molecule has 2 aromatic carbocycles. The number of hydrogen-bond acceptors (Lipinski definition) is 3. The summed E-state index contributed by atoms with van der Waals surface area (Å²) < 4.78 is 41.4. The van der Waals surface area contributed by atoms with Crippen LogP contribution in [0.15, 0.2) is 47.4 Å². The first kappa shape index (κ1) is 19.7. The average Bonchev–Trinajstić information content (AvgIpc) is 3.14. The molecular weight excluding hydrogens is 393 g/mol. The van der Waals surface area contributed by atoms with Crippen molar-refractivity contribution >= 4 is 27.4 Å². The van der Waals surface area contributed by atoms with Gasteiger partial charge in [0.2, 0.25) is 0 Å². The minimum absolute atomic E-state index is 0.0500. The molecule has 2 aliphatic rings. The van der Waals surface area contributed by atoms with Gasteiger partial charge in [0, 0.05) is 18.3 Å². The molecule has 0 atom stereocenters. The van der Waals surface area contributed by atoms with Crippen molar-refractivity contribution in [1.29, 1.82) is 0 Å². The molecule has 6 nitrogen and oxygen atoms in total. The number of carbonyl (C=O) groups is 1. The molecule has 0 aromatic heterocycles. The molecule has 0 saturated heterocycles. The molecular formula is C21H24FN3O3S. The summed E-state index contributed by atoms with van der Waals surface area (Å²) in [4.78, 5) is 14.4. The highest BCUT2D eigenvalue weighted by molar-refractivity contribution is 7.92. The van der Waals surface area contributed by atoms with Gasteiger partial charge in [-0.3, -0.25) is 9.62 Å². The molecule has 29 heavy (non-hydrogen) atoms. The summed E-state index contributed by atoms with van der Waals surface area (Å²) >= 11 is 0. The summed E-state index contributed by atoms with van der Waals surface area (Å²) in [5, 5.41) is 3.10. The Labute approximate surface area is 170 Å². The fourth-order valence-corrected chi connectivity index (χ4v) is 5.12. The maximum absolute atomic E-state index is 13.8. The summed E-state index contributed by atoms with van der Waals surface area (Å²) in [7, 11) is -3.93. The number of fused-ring (bicyclic) bond motifs is 1. The van der Waals surface area contributed by atoms with Crippen LogP contribution >= 0.6 is 0 Å². The van der Waals surface area contributed by atoms with Gasteiger partial charge in [-0.15, -0.1) is 0 Å². The van der Waals surface area contributed by atoms with Crippen LogP contribution in [0.2, 0.25) is 0 Å². The normalized spacial score (nSPS) is 17.1. The predicted octanol–water partition coefficient (Wildman–Crippen LogP) is 4.03. The second-order valence-corrected chi connectivity index (χ2v) is 9.24. The van der Waals surface area contributed by atoms with Gasteiger partial charge < -0.3 is 5.32 Å². The van der Waals surface area contributed by atoms with Crippen molar-refractivity contribution in [3.63, 3.8) is 0 Å². The molecule has 1 aliphatic heterocycles. The number of rotatable bonds is 4. The Hall–Kier alpha value is -2.61. The van der Waals surface area contributed by atoms with Gasteiger partial charge in [0.25, 0.3) is 10.0 Å². The molecule has 4 rings (SSSR count). The average molecular weight is 418 g/mol. The second kappa shape index (κ2) is 8.02. The SMILES string of the molecule is O=C(NC1CCCCC1)N1CCc2cc(S(=O)(=O)Nc3ccccc3F)ccc21. The van der Waals surface area contributed by atoms with Gasteiger partial charge in [-0.25, -0.2) is 17.6 Å². The van der Waals surface area contributed by atoms with Gasteiger partial charge in [-0.1, -0.05) is 31.4 Å². The van der Waals surface area contributed by atoms with Crippen LogP contribution in [-0.4, -0.2) is 27.0 Å².